The van der Waals surface area contributed by atoms with Gasteiger partial charge in [0.15, 0.2) is 0 Å². The number of hydrogen-bond donors (Lipinski definition) is 6. The lowest BCUT2D eigenvalue weighted by molar-refractivity contribution is -0.159. The maximum Gasteiger partial charge on any atom is 0.329 e. The largest absolute Gasteiger partial charge is 0.460 e. The molecular weight excluding hydrogens is 702 g/mol. The van der Waals surface area contributed by atoms with Crippen LogP contribution in [0.25, 0.3) is 0 Å². The summed E-state index contributed by atoms with van der Waals surface area (Å²) in [5.74, 6) is -1.77. The lowest BCUT2D eigenvalue weighted by atomic mass is 9.94. The molecule has 1 aliphatic rings. The molecule has 1 saturated carbocycles. The van der Waals surface area contributed by atoms with Gasteiger partial charge in [-0.05, 0) is 115 Å². The van der Waals surface area contributed by atoms with Gasteiger partial charge in [0.1, 0.15) is 29.1 Å². The predicted octanol–water partition coefficient (Wildman–Crippen LogP) is 4.93. The highest BCUT2D eigenvalue weighted by Gasteiger charge is 2.31. The standard InChI is InChI=1S/C41H57N7O7/c1-40(2,3)54-33(49)21-20-31(45-35(50)27-16-18-29(19-17-27)44-22-10-15-30-34(42)47-39(43)48-36(30)51)37(52)46-32(38(53)55-41(4,5)6)24-25-11-9-14-28(23-25)26-12-7-8-13-26/h9,11,14,16-19,23,26,31-32,44H,7-8,10,12-13,15,20-22,24H2,1-6H3,(H,45,50)(H,46,52)(H5,42,43,47,48,51)/t31-,32-/m0/s1. The van der Waals surface area contributed by atoms with E-state index < -0.39 is 47.0 Å². The summed E-state index contributed by atoms with van der Waals surface area (Å²) in [6.07, 6.45) is 5.55. The van der Waals surface area contributed by atoms with E-state index in [4.69, 9.17) is 20.9 Å². The fourth-order valence-corrected chi connectivity index (χ4v) is 6.48. The van der Waals surface area contributed by atoms with E-state index in [0.29, 0.717) is 30.9 Å². The van der Waals surface area contributed by atoms with Crippen LogP contribution in [0.4, 0.5) is 17.5 Å². The third kappa shape index (κ3) is 13.8. The summed E-state index contributed by atoms with van der Waals surface area (Å²) in [7, 11) is 0. The summed E-state index contributed by atoms with van der Waals surface area (Å²) >= 11 is 0. The van der Waals surface area contributed by atoms with Gasteiger partial charge >= 0.3 is 11.9 Å². The minimum Gasteiger partial charge on any atom is -0.460 e. The highest BCUT2D eigenvalue weighted by molar-refractivity contribution is 5.98. The highest BCUT2D eigenvalue weighted by Crippen LogP contribution is 2.34. The first kappa shape index (κ1) is 42.3. The van der Waals surface area contributed by atoms with Crippen LogP contribution in [0.5, 0.6) is 0 Å². The molecule has 14 nitrogen and oxygen atoms in total. The van der Waals surface area contributed by atoms with Gasteiger partial charge in [-0.15, -0.1) is 0 Å². The number of benzene rings is 2. The van der Waals surface area contributed by atoms with Crippen LogP contribution in [0, 0.1) is 0 Å². The maximum atomic E-state index is 14.0. The normalized spacial score (nSPS) is 14.4. The molecule has 298 valence electrons. The number of amides is 2. The Hall–Kier alpha value is -5.40. The number of nitrogen functional groups attached to an aromatic ring is 2. The Morgan fingerprint density at radius 3 is 2.22 bits per heavy atom. The van der Waals surface area contributed by atoms with Crippen LogP contribution in [-0.4, -0.2) is 63.6 Å². The number of ether oxygens (including phenoxy) is 2. The summed E-state index contributed by atoms with van der Waals surface area (Å²) in [6.45, 7) is 11.0. The Morgan fingerprint density at radius 2 is 1.58 bits per heavy atom. The average Bonchev–Trinajstić information content (AvgIpc) is 3.63. The van der Waals surface area contributed by atoms with Gasteiger partial charge in [0.25, 0.3) is 11.5 Å². The topological polar surface area (TPSA) is 221 Å². The second-order valence-corrected chi connectivity index (χ2v) is 16.1. The molecule has 8 N–H and O–H groups in total. The number of aromatic nitrogens is 2. The molecule has 2 amide bonds. The van der Waals surface area contributed by atoms with Gasteiger partial charge in [0.2, 0.25) is 11.9 Å². The summed E-state index contributed by atoms with van der Waals surface area (Å²) in [5, 5.41) is 8.84. The van der Waals surface area contributed by atoms with E-state index in [1.165, 1.54) is 18.4 Å². The fourth-order valence-electron chi connectivity index (χ4n) is 6.48. The summed E-state index contributed by atoms with van der Waals surface area (Å²) in [6, 6.07) is 12.5. The second-order valence-electron chi connectivity index (χ2n) is 16.1. The number of H-pyrrole nitrogens is 1. The Kier molecular flexibility index (Phi) is 14.4. The van der Waals surface area contributed by atoms with Crippen LogP contribution in [0.15, 0.2) is 53.3 Å². The van der Waals surface area contributed by atoms with Crippen molar-refractivity contribution < 1.29 is 28.7 Å². The number of nitrogens with zero attached hydrogens (tertiary/aromatic N) is 1. The van der Waals surface area contributed by atoms with Crippen LogP contribution in [0.2, 0.25) is 0 Å². The van der Waals surface area contributed by atoms with Crippen LogP contribution in [0.3, 0.4) is 0 Å². The summed E-state index contributed by atoms with van der Waals surface area (Å²) in [4.78, 5) is 72.3. The molecule has 1 aliphatic carbocycles. The highest BCUT2D eigenvalue weighted by atomic mass is 16.6. The molecule has 14 heteroatoms. The van der Waals surface area contributed by atoms with Crippen LogP contribution >= 0.6 is 0 Å². The second kappa shape index (κ2) is 18.8. The number of carbonyl (C=O) groups excluding carboxylic acids is 4. The molecule has 3 aromatic rings. The number of nitrogens with one attached hydrogen (secondary N) is 4. The molecule has 0 unspecified atom stereocenters. The van der Waals surface area contributed by atoms with Gasteiger partial charge in [0, 0.05) is 30.6 Å². The lowest BCUT2D eigenvalue weighted by Gasteiger charge is -2.27. The van der Waals surface area contributed by atoms with E-state index in [1.807, 2.05) is 12.1 Å². The molecule has 2 atom stereocenters. The van der Waals surface area contributed by atoms with Crippen molar-refractivity contribution in [3.63, 3.8) is 0 Å². The first-order valence-electron chi connectivity index (χ1n) is 19.0. The number of aromatic amines is 1. The minimum absolute atomic E-state index is 0.0378. The van der Waals surface area contributed by atoms with Gasteiger partial charge in [-0.2, -0.15) is 4.98 Å². The molecule has 1 aromatic heterocycles. The van der Waals surface area contributed by atoms with Crippen LogP contribution in [0.1, 0.15) is 119 Å². The van der Waals surface area contributed by atoms with Gasteiger partial charge in [-0.1, -0.05) is 37.1 Å². The summed E-state index contributed by atoms with van der Waals surface area (Å²) < 4.78 is 11.2. The SMILES string of the molecule is CC(C)(C)OC(=O)CC[C@H](NC(=O)c1ccc(NCCCc2c(N)nc(N)[nH]c2=O)cc1)C(=O)N[C@@H](Cc1cccc(C2CCCC2)c1)C(=O)OC(C)(C)C. The molecule has 0 saturated heterocycles. The monoisotopic (exact) mass is 759 g/mol. The van der Waals surface area contributed by atoms with E-state index >= 15 is 0 Å². The van der Waals surface area contributed by atoms with Gasteiger partial charge in [-0.3, -0.25) is 24.2 Å². The zero-order valence-electron chi connectivity index (χ0n) is 32.9. The van der Waals surface area contributed by atoms with Crippen molar-refractivity contribution in [1.29, 1.82) is 0 Å². The Morgan fingerprint density at radius 1 is 0.909 bits per heavy atom. The van der Waals surface area contributed by atoms with Crippen molar-refractivity contribution in [3.05, 3.63) is 81.1 Å². The van der Waals surface area contributed by atoms with Crippen molar-refractivity contribution in [1.82, 2.24) is 20.6 Å². The Bertz CT molecular complexity index is 1860. The van der Waals surface area contributed by atoms with Crippen molar-refractivity contribution in [2.24, 2.45) is 0 Å². The molecule has 55 heavy (non-hydrogen) atoms. The molecule has 0 bridgehead atoms. The Balaban J connectivity index is 1.46. The molecule has 4 rings (SSSR count). The van der Waals surface area contributed by atoms with E-state index in [2.05, 4.69) is 38.1 Å². The molecule has 1 fully saturated rings. The quantitative estimate of drug-likeness (QED) is 0.0850. The number of anilines is 3. The molecule has 0 radical (unpaired) electrons. The Labute approximate surface area is 322 Å². The van der Waals surface area contributed by atoms with Gasteiger partial charge < -0.3 is 36.9 Å². The van der Waals surface area contributed by atoms with Crippen LogP contribution < -0.4 is 33.0 Å². The molecule has 0 spiro atoms. The van der Waals surface area contributed by atoms with Crippen molar-refractivity contribution in [2.75, 3.05) is 23.3 Å². The fraction of sp³-hybridized carbons (Fsp3) is 0.512. The van der Waals surface area contributed by atoms with Crippen molar-refractivity contribution >= 4 is 41.2 Å². The minimum atomic E-state index is -1.18. The number of esters is 2. The average molecular weight is 760 g/mol. The van der Waals surface area contributed by atoms with Crippen LogP contribution in [-0.2, 0) is 36.7 Å². The van der Waals surface area contributed by atoms with Gasteiger partial charge in [0.05, 0.1) is 5.56 Å². The van der Waals surface area contributed by atoms with Crippen molar-refractivity contribution in [3.8, 4) is 0 Å². The zero-order valence-corrected chi connectivity index (χ0v) is 32.9. The number of nitrogens with two attached hydrogens (primary N) is 2. The van der Waals surface area contributed by atoms with E-state index in [-0.39, 0.29) is 42.2 Å². The third-order valence-electron chi connectivity index (χ3n) is 9.05. The first-order chi connectivity index (χ1) is 25.9. The van der Waals surface area contributed by atoms with E-state index in [9.17, 15) is 24.0 Å². The van der Waals surface area contributed by atoms with E-state index in [1.54, 1.807) is 65.8 Å². The smallest absolute Gasteiger partial charge is 0.329 e. The van der Waals surface area contributed by atoms with Gasteiger partial charge in [-0.25, -0.2) is 4.79 Å². The zero-order chi connectivity index (χ0) is 40.3. The first-order valence-corrected chi connectivity index (χ1v) is 19.0. The number of hydrogen-bond acceptors (Lipinski definition) is 11. The third-order valence-corrected chi connectivity index (χ3v) is 9.05. The van der Waals surface area contributed by atoms with E-state index in [0.717, 1.165) is 24.1 Å². The number of carbonyl (C=O) groups is 4. The molecular formula is C41H57N7O7. The van der Waals surface area contributed by atoms with Crippen molar-refractivity contribution in [2.45, 2.75) is 129 Å². The lowest BCUT2D eigenvalue weighted by Crippen LogP contribution is -2.53. The molecule has 1 heterocycles. The summed E-state index contributed by atoms with van der Waals surface area (Å²) in [5.41, 5.74) is 12.9. The maximum absolute atomic E-state index is 14.0. The number of rotatable bonds is 16. The molecule has 0 aliphatic heterocycles. The predicted molar refractivity (Wildman–Crippen MR) is 212 cm³/mol. The molecule has 2 aromatic carbocycles.